The predicted octanol–water partition coefficient (Wildman–Crippen LogP) is 1.35. The molecule has 0 bridgehead atoms. The van der Waals surface area contributed by atoms with E-state index in [0.29, 0.717) is 24.9 Å². The van der Waals surface area contributed by atoms with Gasteiger partial charge in [-0.2, -0.15) is 17.4 Å². The van der Waals surface area contributed by atoms with Gasteiger partial charge in [0.25, 0.3) is 10.2 Å². The second-order valence-corrected chi connectivity index (χ2v) is 8.34. The highest BCUT2D eigenvalue weighted by Gasteiger charge is 2.32. The molecule has 5 nitrogen and oxygen atoms in total. The number of hydrogen-bond donors (Lipinski definition) is 2. The summed E-state index contributed by atoms with van der Waals surface area (Å²) in [5, 5.41) is 9.22. The van der Waals surface area contributed by atoms with E-state index in [1.807, 2.05) is 0 Å². The Labute approximate surface area is 122 Å². The van der Waals surface area contributed by atoms with Crippen LogP contribution in [0.3, 0.4) is 0 Å². The number of aliphatic hydroxyl groups excluding tert-OH is 1. The Balaban J connectivity index is 1.93. The van der Waals surface area contributed by atoms with E-state index >= 15 is 0 Å². The van der Waals surface area contributed by atoms with Crippen LogP contribution in [-0.4, -0.2) is 43.6 Å². The summed E-state index contributed by atoms with van der Waals surface area (Å²) in [6.45, 7) is 5.54. The minimum absolute atomic E-state index is 0.0701. The molecular formula is C14H28N2O3S. The van der Waals surface area contributed by atoms with Crippen LogP contribution in [0.4, 0.5) is 0 Å². The maximum absolute atomic E-state index is 12.4. The van der Waals surface area contributed by atoms with Crippen LogP contribution >= 0.6 is 0 Å². The summed E-state index contributed by atoms with van der Waals surface area (Å²) in [6, 6.07) is 0.0701. The van der Waals surface area contributed by atoms with Crippen molar-refractivity contribution in [1.29, 1.82) is 0 Å². The van der Waals surface area contributed by atoms with E-state index < -0.39 is 10.2 Å². The zero-order chi connectivity index (χ0) is 14.8. The van der Waals surface area contributed by atoms with Gasteiger partial charge in [-0.3, -0.25) is 0 Å². The van der Waals surface area contributed by atoms with E-state index in [2.05, 4.69) is 18.6 Å². The Kier molecular flexibility index (Phi) is 5.45. The van der Waals surface area contributed by atoms with Crippen LogP contribution in [0.15, 0.2) is 0 Å². The number of piperidine rings is 1. The quantitative estimate of drug-likeness (QED) is 0.824. The molecule has 1 saturated carbocycles. The molecular weight excluding hydrogens is 276 g/mol. The molecule has 2 fully saturated rings. The summed E-state index contributed by atoms with van der Waals surface area (Å²) < 4.78 is 29.3. The van der Waals surface area contributed by atoms with Gasteiger partial charge in [0, 0.05) is 25.7 Å². The number of rotatable bonds is 4. The molecule has 20 heavy (non-hydrogen) atoms. The first-order valence-electron chi connectivity index (χ1n) is 7.80. The zero-order valence-electron chi connectivity index (χ0n) is 12.6. The molecule has 1 aliphatic heterocycles. The van der Waals surface area contributed by atoms with E-state index in [9.17, 15) is 13.5 Å². The molecule has 2 rings (SSSR count). The molecule has 0 aromatic heterocycles. The largest absolute Gasteiger partial charge is 0.396 e. The number of hydrogen-bond acceptors (Lipinski definition) is 3. The van der Waals surface area contributed by atoms with Gasteiger partial charge in [0.05, 0.1) is 0 Å². The number of nitrogens with one attached hydrogen (secondary N) is 1. The van der Waals surface area contributed by atoms with Gasteiger partial charge in [0.2, 0.25) is 0 Å². The lowest BCUT2D eigenvalue weighted by atomic mass is 9.79. The highest BCUT2D eigenvalue weighted by Crippen LogP contribution is 2.30. The van der Waals surface area contributed by atoms with Gasteiger partial charge < -0.3 is 5.11 Å². The van der Waals surface area contributed by atoms with Crippen LogP contribution in [0, 0.1) is 17.8 Å². The third kappa shape index (κ3) is 3.93. The van der Waals surface area contributed by atoms with Crippen molar-refractivity contribution in [1.82, 2.24) is 9.03 Å². The molecule has 2 N–H and O–H groups in total. The van der Waals surface area contributed by atoms with Crippen molar-refractivity contribution in [3.8, 4) is 0 Å². The number of aliphatic hydroxyl groups is 1. The molecule has 0 aromatic rings. The Morgan fingerprint density at radius 1 is 1.20 bits per heavy atom. The first kappa shape index (κ1) is 16.2. The lowest BCUT2D eigenvalue weighted by Crippen LogP contribution is -2.50. The molecule has 1 aliphatic carbocycles. The smallest absolute Gasteiger partial charge is 0.279 e. The molecule has 1 heterocycles. The molecule has 4 unspecified atom stereocenters. The fourth-order valence-corrected chi connectivity index (χ4v) is 4.89. The highest BCUT2D eigenvalue weighted by molar-refractivity contribution is 7.87. The summed E-state index contributed by atoms with van der Waals surface area (Å²) >= 11 is 0. The summed E-state index contributed by atoms with van der Waals surface area (Å²) in [6.07, 6.45) is 4.71. The summed E-state index contributed by atoms with van der Waals surface area (Å²) in [5.74, 6) is 1.35. The van der Waals surface area contributed by atoms with Crippen LogP contribution in [0.25, 0.3) is 0 Å². The highest BCUT2D eigenvalue weighted by atomic mass is 32.2. The maximum atomic E-state index is 12.4. The molecule has 6 heteroatoms. The first-order valence-corrected chi connectivity index (χ1v) is 9.24. The van der Waals surface area contributed by atoms with E-state index in [0.717, 1.165) is 32.1 Å². The average Bonchev–Trinajstić information content (AvgIpc) is 2.43. The molecule has 1 saturated heterocycles. The molecule has 118 valence electrons. The second-order valence-electron chi connectivity index (χ2n) is 6.64. The van der Waals surface area contributed by atoms with E-state index in [1.165, 1.54) is 4.31 Å². The van der Waals surface area contributed by atoms with Gasteiger partial charge in [-0.1, -0.05) is 13.8 Å². The van der Waals surface area contributed by atoms with Gasteiger partial charge in [-0.25, -0.2) is 0 Å². The summed E-state index contributed by atoms with van der Waals surface area (Å²) in [4.78, 5) is 0. The van der Waals surface area contributed by atoms with Crippen LogP contribution < -0.4 is 4.72 Å². The summed E-state index contributed by atoms with van der Waals surface area (Å²) in [7, 11) is -3.39. The van der Waals surface area contributed by atoms with Crippen LogP contribution in [0.1, 0.15) is 46.0 Å². The molecule has 2 aliphatic rings. The van der Waals surface area contributed by atoms with Crippen molar-refractivity contribution in [2.75, 3.05) is 19.7 Å². The Hall–Kier alpha value is -0.170. The average molecular weight is 304 g/mol. The van der Waals surface area contributed by atoms with Crippen molar-refractivity contribution in [2.45, 2.75) is 52.0 Å². The van der Waals surface area contributed by atoms with Gasteiger partial charge >= 0.3 is 0 Å². The normalized spacial score (nSPS) is 37.0. The lowest BCUT2D eigenvalue weighted by Gasteiger charge is -2.35. The van der Waals surface area contributed by atoms with Crippen molar-refractivity contribution in [3.05, 3.63) is 0 Å². The fourth-order valence-electron chi connectivity index (χ4n) is 3.33. The van der Waals surface area contributed by atoms with E-state index in [-0.39, 0.29) is 18.6 Å². The Morgan fingerprint density at radius 3 is 2.60 bits per heavy atom. The topological polar surface area (TPSA) is 69.6 Å². The Bertz CT molecular complexity index is 413. The van der Waals surface area contributed by atoms with Crippen molar-refractivity contribution < 1.29 is 13.5 Å². The molecule has 0 radical (unpaired) electrons. The standard InChI is InChI=1S/C14H28N2O3S/c1-11-5-6-14(8-12(11)2)15-20(18,19)16-7-3-4-13(9-16)10-17/h11-15,17H,3-10H2,1-2H3. The third-order valence-corrected chi connectivity index (χ3v) is 6.64. The fraction of sp³-hybridized carbons (Fsp3) is 1.00. The van der Waals surface area contributed by atoms with Gasteiger partial charge in [0.1, 0.15) is 0 Å². The monoisotopic (exact) mass is 304 g/mol. The minimum atomic E-state index is -3.39. The van der Waals surface area contributed by atoms with Crippen LogP contribution in [0.5, 0.6) is 0 Å². The van der Waals surface area contributed by atoms with Crippen molar-refractivity contribution in [3.63, 3.8) is 0 Å². The van der Waals surface area contributed by atoms with Gasteiger partial charge in [-0.05, 0) is 49.9 Å². The Morgan fingerprint density at radius 2 is 1.95 bits per heavy atom. The van der Waals surface area contributed by atoms with E-state index in [1.54, 1.807) is 0 Å². The molecule has 0 amide bonds. The van der Waals surface area contributed by atoms with Crippen LogP contribution in [0.2, 0.25) is 0 Å². The maximum Gasteiger partial charge on any atom is 0.279 e. The molecule has 0 aromatic carbocycles. The first-order chi connectivity index (χ1) is 9.42. The van der Waals surface area contributed by atoms with Gasteiger partial charge in [-0.15, -0.1) is 0 Å². The number of nitrogens with zero attached hydrogens (tertiary/aromatic N) is 1. The SMILES string of the molecule is CC1CCC(NS(=O)(=O)N2CCCC(CO)C2)CC1C. The van der Waals surface area contributed by atoms with Gasteiger partial charge in [0.15, 0.2) is 0 Å². The van der Waals surface area contributed by atoms with E-state index in [4.69, 9.17) is 0 Å². The third-order valence-electron chi connectivity index (χ3n) is 4.99. The second kappa shape index (κ2) is 6.73. The lowest BCUT2D eigenvalue weighted by molar-refractivity contribution is 0.163. The summed E-state index contributed by atoms with van der Waals surface area (Å²) in [5.41, 5.74) is 0. The van der Waals surface area contributed by atoms with Crippen molar-refractivity contribution in [2.24, 2.45) is 17.8 Å². The van der Waals surface area contributed by atoms with Crippen molar-refractivity contribution >= 4 is 10.2 Å². The predicted molar refractivity (Wildman–Crippen MR) is 79.4 cm³/mol. The van der Waals surface area contributed by atoms with Crippen LogP contribution in [-0.2, 0) is 10.2 Å². The molecule has 0 spiro atoms. The molecule has 4 atom stereocenters. The zero-order valence-corrected chi connectivity index (χ0v) is 13.4. The minimum Gasteiger partial charge on any atom is -0.396 e.